The number of pyridine rings is 1. The SMILES string of the molecule is Nc1ccc(=O)n(CC(=O)NC(CO)CO)c1. The van der Waals surface area contributed by atoms with Crippen LogP contribution in [0, 0.1) is 0 Å². The predicted molar refractivity (Wildman–Crippen MR) is 61.2 cm³/mol. The predicted octanol–water partition coefficient (Wildman–Crippen LogP) is -2.10. The van der Waals surface area contributed by atoms with E-state index in [0.29, 0.717) is 5.69 Å². The van der Waals surface area contributed by atoms with E-state index in [9.17, 15) is 9.59 Å². The minimum atomic E-state index is -0.723. The van der Waals surface area contributed by atoms with E-state index in [1.807, 2.05) is 0 Å². The maximum atomic E-state index is 11.5. The van der Waals surface area contributed by atoms with Crippen LogP contribution in [0.25, 0.3) is 0 Å². The third-order valence-corrected chi connectivity index (χ3v) is 2.13. The molecule has 0 radical (unpaired) electrons. The zero-order valence-electron chi connectivity index (χ0n) is 9.17. The van der Waals surface area contributed by atoms with Gasteiger partial charge in [0.15, 0.2) is 0 Å². The number of nitrogens with zero attached hydrogens (tertiary/aromatic N) is 1. The molecule has 1 aromatic rings. The highest BCUT2D eigenvalue weighted by Gasteiger charge is 2.10. The van der Waals surface area contributed by atoms with Crippen molar-refractivity contribution in [2.24, 2.45) is 0 Å². The summed E-state index contributed by atoms with van der Waals surface area (Å²) in [7, 11) is 0. The van der Waals surface area contributed by atoms with E-state index in [0.717, 1.165) is 4.57 Å². The summed E-state index contributed by atoms with van der Waals surface area (Å²) in [6, 6.07) is 1.98. The molecular weight excluding hydrogens is 226 g/mol. The van der Waals surface area contributed by atoms with E-state index in [2.05, 4.69) is 5.32 Å². The van der Waals surface area contributed by atoms with E-state index >= 15 is 0 Å². The molecule has 1 amide bonds. The summed E-state index contributed by atoms with van der Waals surface area (Å²) in [5.74, 6) is -0.481. The first-order valence-electron chi connectivity index (χ1n) is 5.04. The fourth-order valence-electron chi connectivity index (χ4n) is 1.25. The van der Waals surface area contributed by atoms with Crippen molar-refractivity contribution in [3.8, 4) is 0 Å². The van der Waals surface area contributed by atoms with Crippen LogP contribution in [0.1, 0.15) is 0 Å². The molecule has 0 aliphatic carbocycles. The number of aromatic nitrogens is 1. The van der Waals surface area contributed by atoms with E-state index < -0.39 is 11.9 Å². The monoisotopic (exact) mass is 241 g/mol. The lowest BCUT2D eigenvalue weighted by Gasteiger charge is -2.13. The lowest BCUT2D eigenvalue weighted by atomic mass is 10.3. The molecule has 1 rings (SSSR count). The molecule has 7 nitrogen and oxygen atoms in total. The van der Waals surface area contributed by atoms with Gasteiger partial charge in [0.2, 0.25) is 5.91 Å². The molecule has 0 aliphatic rings. The fraction of sp³-hybridized carbons (Fsp3) is 0.400. The van der Waals surface area contributed by atoms with Gasteiger partial charge in [0, 0.05) is 18.0 Å². The van der Waals surface area contributed by atoms with Crippen LogP contribution in [-0.4, -0.2) is 39.9 Å². The van der Waals surface area contributed by atoms with E-state index in [-0.39, 0.29) is 25.3 Å². The highest BCUT2D eigenvalue weighted by Crippen LogP contribution is 1.95. The summed E-state index contributed by atoms with van der Waals surface area (Å²) in [5.41, 5.74) is 5.51. The maximum Gasteiger partial charge on any atom is 0.251 e. The Morgan fingerprint density at radius 2 is 2.06 bits per heavy atom. The van der Waals surface area contributed by atoms with Gasteiger partial charge in [-0.2, -0.15) is 0 Å². The zero-order valence-corrected chi connectivity index (χ0v) is 9.17. The molecule has 0 saturated heterocycles. The minimum Gasteiger partial charge on any atom is -0.398 e. The lowest BCUT2D eigenvalue weighted by Crippen LogP contribution is -2.42. The van der Waals surface area contributed by atoms with Gasteiger partial charge in [-0.3, -0.25) is 9.59 Å². The first kappa shape index (κ1) is 13.2. The number of carbonyl (C=O) groups excluding carboxylic acids is 1. The Kier molecular flexibility index (Phi) is 4.68. The molecule has 0 unspecified atom stereocenters. The summed E-state index contributed by atoms with van der Waals surface area (Å²) in [5, 5.41) is 19.9. The van der Waals surface area contributed by atoms with Crippen LogP contribution < -0.4 is 16.6 Å². The zero-order chi connectivity index (χ0) is 12.8. The van der Waals surface area contributed by atoms with Crippen LogP contribution in [-0.2, 0) is 11.3 Å². The second-order valence-electron chi connectivity index (χ2n) is 3.56. The van der Waals surface area contributed by atoms with Crippen LogP contribution >= 0.6 is 0 Å². The molecule has 1 heterocycles. The molecule has 0 aliphatic heterocycles. The number of aliphatic hydroxyl groups excluding tert-OH is 2. The Balaban J connectivity index is 2.68. The number of rotatable bonds is 5. The van der Waals surface area contributed by atoms with Crippen molar-refractivity contribution >= 4 is 11.6 Å². The first-order chi connectivity index (χ1) is 8.06. The number of amides is 1. The molecular formula is C10H15N3O4. The van der Waals surface area contributed by atoms with Crippen molar-refractivity contribution in [1.82, 2.24) is 9.88 Å². The van der Waals surface area contributed by atoms with Crippen molar-refractivity contribution in [1.29, 1.82) is 0 Å². The molecule has 0 bridgehead atoms. The summed E-state index contributed by atoms with van der Waals surface area (Å²) in [4.78, 5) is 22.8. The smallest absolute Gasteiger partial charge is 0.251 e. The van der Waals surface area contributed by atoms with Crippen LogP contribution in [0.4, 0.5) is 5.69 Å². The number of hydrogen-bond acceptors (Lipinski definition) is 5. The molecule has 17 heavy (non-hydrogen) atoms. The number of anilines is 1. The second-order valence-corrected chi connectivity index (χ2v) is 3.56. The minimum absolute atomic E-state index is 0.208. The van der Waals surface area contributed by atoms with Gasteiger partial charge in [0.05, 0.1) is 19.3 Å². The summed E-state index contributed by atoms with van der Waals surface area (Å²) < 4.78 is 1.15. The third kappa shape index (κ3) is 3.89. The van der Waals surface area contributed by atoms with Crippen molar-refractivity contribution in [2.45, 2.75) is 12.6 Å². The van der Waals surface area contributed by atoms with Crippen LogP contribution in [0.15, 0.2) is 23.1 Å². The molecule has 1 aromatic heterocycles. The van der Waals surface area contributed by atoms with Gasteiger partial charge in [-0.05, 0) is 6.07 Å². The van der Waals surface area contributed by atoms with Crippen LogP contribution in [0.5, 0.6) is 0 Å². The lowest BCUT2D eigenvalue weighted by molar-refractivity contribution is -0.123. The van der Waals surface area contributed by atoms with Gasteiger partial charge in [-0.25, -0.2) is 0 Å². The van der Waals surface area contributed by atoms with Crippen molar-refractivity contribution in [3.63, 3.8) is 0 Å². The Hall–Kier alpha value is -1.86. The normalized spacial score (nSPS) is 10.5. The highest BCUT2D eigenvalue weighted by molar-refractivity contribution is 5.76. The Morgan fingerprint density at radius 3 is 2.65 bits per heavy atom. The molecule has 0 saturated carbocycles. The Morgan fingerprint density at radius 1 is 1.41 bits per heavy atom. The molecule has 0 aromatic carbocycles. The average molecular weight is 241 g/mol. The quantitative estimate of drug-likeness (QED) is 0.471. The number of nitrogen functional groups attached to an aromatic ring is 1. The van der Waals surface area contributed by atoms with E-state index in [1.54, 1.807) is 0 Å². The van der Waals surface area contributed by atoms with Crippen LogP contribution in [0.3, 0.4) is 0 Å². The summed E-state index contributed by atoms with van der Waals surface area (Å²) >= 11 is 0. The standard InChI is InChI=1S/C10H15N3O4/c11-7-1-2-10(17)13(3-7)4-9(16)12-8(5-14)6-15/h1-3,8,14-15H,4-6,11H2,(H,12,16). The molecule has 7 heteroatoms. The second kappa shape index (κ2) is 6.02. The van der Waals surface area contributed by atoms with Crippen molar-refractivity contribution in [3.05, 3.63) is 28.7 Å². The van der Waals surface area contributed by atoms with E-state index in [4.69, 9.17) is 15.9 Å². The largest absolute Gasteiger partial charge is 0.398 e. The van der Waals surface area contributed by atoms with Gasteiger partial charge in [0.25, 0.3) is 5.56 Å². The molecule has 94 valence electrons. The molecule has 0 fully saturated rings. The number of aliphatic hydroxyl groups is 2. The Labute approximate surface area is 97.5 Å². The fourth-order valence-corrected chi connectivity index (χ4v) is 1.25. The van der Waals surface area contributed by atoms with Crippen LogP contribution in [0.2, 0.25) is 0 Å². The first-order valence-corrected chi connectivity index (χ1v) is 5.04. The number of carbonyl (C=O) groups is 1. The van der Waals surface area contributed by atoms with Gasteiger partial charge >= 0.3 is 0 Å². The van der Waals surface area contributed by atoms with Gasteiger partial charge in [-0.15, -0.1) is 0 Å². The summed E-state index contributed by atoms with van der Waals surface area (Å²) in [6.45, 7) is -0.942. The number of nitrogens with one attached hydrogen (secondary N) is 1. The topological polar surface area (TPSA) is 118 Å². The summed E-state index contributed by atoms with van der Waals surface area (Å²) in [6.07, 6.45) is 1.36. The molecule has 0 spiro atoms. The highest BCUT2D eigenvalue weighted by atomic mass is 16.3. The number of nitrogens with two attached hydrogens (primary N) is 1. The molecule has 0 atom stereocenters. The number of hydrogen-bond donors (Lipinski definition) is 4. The third-order valence-electron chi connectivity index (χ3n) is 2.13. The Bertz CT molecular complexity index is 439. The van der Waals surface area contributed by atoms with E-state index in [1.165, 1.54) is 18.3 Å². The van der Waals surface area contributed by atoms with Crippen molar-refractivity contribution < 1.29 is 15.0 Å². The maximum absolute atomic E-state index is 11.5. The van der Waals surface area contributed by atoms with Crippen molar-refractivity contribution in [2.75, 3.05) is 18.9 Å². The van der Waals surface area contributed by atoms with Gasteiger partial charge in [-0.1, -0.05) is 0 Å². The van der Waals surface area contributed by atoms with Gasteiger partial charge in [0.1, 0.15) is 6.54 Å². The van der Waals surface area contributed by atoms with Gasteiger partial charge < -0.3 is 25.8 Å². The average Bonchev–Trinajstić information content (AvgIpc) is 2.31. The molecule has 5 N–H and O–H groups in total.